The molecule has 9 heteroatoms. The molecule has 1 saturated heterocycles. The molecule has 0 aromatic heterocycles. The van der Waals surface area contributed by atoms with E-state index in [9.17, 15) is 13.2 Å². The summed E-state index contributed by atoms with van der Waals surface area (Å²) in [4.78, 5) is 6.68. The van der Waals surface area contributed by atoms with Gasteiger partial charge in [-0.05, 0) is 43.6 Å². The Balaban J connectivity index is 0.00000338. The number of ether oxygens (including phenoxy) is 1. The summed E-state index contributed by atoms with van der Waals surface area (Å²) in [5.41, 5.74) is 6.73. The molecule has 0 saturated carbocycles. The Morgan fingerprint density at radius 3 is 2.65 bits per heavy atom. The molecule has 3 N–H and O–H groups in total. The standard InChI is InChI=1S/C17H25F3N4O.HI/c1-2-24-9-3-4-14(24)11-23-16(21)22-10-13-5-7-15(8-6-13)25-12-17(18,19)20;/h5-8,14H,2-4,9-12H2,1H3,(H3,21,22,23);1H. The largest absolute Gasteiger partial charge is 0.484 e. The van der Waals surface area contributed by atoms with E-state index < -0.39 is 12.8 Å². The quantitative estimate of drug-likeness (QED) is 0.353. The number of benzene rings is 1. The normalized spacial score (nSPS) is 18.5. The number of likely N-dealkylation sites (N-methyl/N-ethyl adjacent to an activating group) is 1. The first kappa shape index (κ1) is 22.8. The van der Waals surface area contributed by atoms with Crippen LogP contribution in [0.15, 0.2) is 29.3 Å². The Morgan fingerprint density at radius 1 is 1.35 bits per heavy atom. The lowest BCUT2D eigenvalue weighted by Crippen LogP contribution is -2.42. The van der Waals surface area contributed by atoms with Crippen LogP contribution in [-0.2, 0) is 6.54 Å². The molecular weight excluding hydrogens is 460 g/mol. The van der Waals surface area contributed by atoms with Crippen molar-refractivity contribution in [2.45, 2.75) is 38.5 Å². The fourth-order valence-electron chi connectivity index (χ4n) is 2.85. The molecule has 1 unspecified atom stereocenters. The first-order chi connectivity index (χ1) is 11.9. The number of rotatable bonds is 7. The van der Waals surface area contributed by atoms with Crippen molar-refractivity contribution in [1.29, 1.82) is 0 Å². The van der Waals surface area contributed by atoms with Crippen LogP contribution in [0.5, 0.6) is 5.75 Å². The predicted molar refractivity (Wildman–Crippen MR) is 107 cm³/mol. The summed E-state index contributed by atoms with van der Waals surface area (Å²) in [6.45, 7) is 4.15. The number of hydrogen-bond donors (Lipinski definition) is 2. The number of nitrogens with two attached hydrogens (primary N) is 1. The molecule has 5 nitrogen and oxygen atoms in total. The minimum absolute atomic E-state index is 0. The zero-order valence-electron chi connectivity index (χ0n) is 14.8. The molecule has 2 rings (SSSR count). The third-order valence-corrected chi connectivity index (χ3v) is 4.18. The van der Waals surface area contributed by atoms with E-state index in [2.05, 4.69) is 26.9 Å². The van der Waals surface area contributed by atoms with Crippen molar-refractivity contribution in [3.63, 3.8) is 0 Å². The van der Waals surface area contributed by atoms with Gasteiger partial charge in [-0.25, -0.2) is 4.99 Å². The highest BCUT2D eigenvalue weighted by Gasteiger charge is 2.28. The molecule has 1 atom stereocenters. The van der Waals surface area contributed by atoms with Crippen LogP contribution in [0.4, 0.5) is 13.2 Å². The fraction of sp³-hybridized carbons (Fsp3) is 0.588. The Morgan fingerprint density at radius 2 is 2.04 bits per heavy atom. The van der Waals surface area contributed by atoms with Gasteiger partial charge < -0.3 is 15.8 Å². The van der Waals surface area contributed by atoms with Crippen molar-refractivity contribution < 1.29 is 17.9 Å². The summed E-state index contributed by atoms with van der Waals surface area (Å²) in [6, 6.07) is 6.84. The Bertz CT molecular complexity index is 566. The maximum absolute atomic E-state index is 12.1. The van der Waals surface area contributed by atoms with E-state index in [1.54, 1.807) is 12.1 Å². The van der Waals surface area contributed by atoms with Gasteiger partial charge in [0.15, 0.2) is 12.6 Å². The number of aliphatic imine (C=N–C) groups is 1. The van der Waals surface area contributed by atoms with Gasteiger partial charge >= 0.3 is 6.18 Å². The van der Waals surface area contributed by atoms with Crippen LogP contribution in [0.2, 0.25) is 0 Å². The molecule has 1 aromatic carbocycles. The number of nitrogens with one attached hydrogen (secondary N) is 1. The van der Waals surface area contributed by atoms with E-state index in [1.165, 1.54) is 18.6 Å². The molecule has 148 valence electrons. The van der Waals surface area contributed by atoms with E-state index >= 15 is 0 Å². The second-order valence-electron chi connectivity index (χ2n) is 6.05. The van der Waals surface area contributed by atoms with E-state index in [-0.39, 0.29) is 29.7 Å². The SMILES string of the molecule is CCN1CCCC1CNC(N)=NCc1ccc(OCC(F)(F)F)cc1.I. The molecule has 0 spiro atoms. The molecule has 0 amide bonds. The molecule has 1 heterocycles. The van der Waals surface area contributed by atoms with Crippen LogP contribution < -0.4 is 15.8 Å². The average molecular weight is 486 g/mol. The zero-order chi connectivity index (χ0) is 18.3. The molecule has 0 bridgehead atoms. The van der Waals surface area contributed by atoms with E-state index in [0.717, 1.165) is 31.6 Å². The summed E-state index contributed by atoms with van der Waals surface area (Å²) in [5, 5.41) is 3.14. The Kier molecular flexibility index (Phi) is 9.48. The van der Waals surface area contributed by atoms with E-state index in [1.807, 2.05) is 0 Å². The minimum Gasteiger partial charge on any atom is -0.484 e. The summed E-state index contributed by atoms with van der Waals surface area (Å²) >= 11 is 0. The third kappa shape index (κ3) is 7.98. The summed E-state index contributed by atoms with van der Waals surface area (Å²) < 4.78 is 40.9. The summed E-state index contributed by atoms with van der Waals surface area (Å²) in [6.07, 6.45) is -1.97. The maximum atomic E-state index is 12.1. The van der Waals surface area contributed by atoms with Crippen LogP contribution in [0.25, 0.3) is 0 Å². The first-order valence-electron chi connectivity index (χ1n) is 8.43. The van der Waals surface area contributed by atoms with Gasteiger partial charge in [0.2, 0.25) is 0 Å². The maximum Gasteiger partial charge on any atom is 0.422 e. The number of alkyl halides is 3. The topological polar surface area (TPSA) is 62.9 Å². The molecule has 26 heavy (non-hydrogen) atoms. The van der Waals surface area contributed by atoms with Crippen LogP contribution >= 0.6 is 24.0 Å². The smallest absolute Gasteiger partial charge is 0.422 e. The van der Waals surface area contributed by atoms with Crippen LogP contribution in [0, 0.1) is 0 Å². The van der Waals surface area contributed by atoms with E-state index in [4.69, 9.17) is 5.73 Å². The lowest BCUT2D eigenvalue weighted by Gasteiger charge is -2.23. The number of nitrogens with zero attached hydrogens (tertiary/aromatic N) is 2. The Labute approximate surface area is 169 Å². The van der Waals surface area contributed by atoms with Crippen molar-refractivity contribution in [2.24, 2.45) is 10.7 Å². The molecule has 1 aliphatic heterocycles. The Hall–Kier alpha value is -1.23. The second kappa shape index (κ2) is 10.8. The van der Waals surface area contributed by atoms with Gasteiger partial charge in [-0.3, -0.25) is 4.90 Å². The number of hydrogen-bond acceptors (Lipinski definition) is 3. The lowest BCUT2D eigenvalue weighted by atomic mass is 10.2. The molecule has 1 aromatic rings. The number of halogens is 4. The highest BCUT2D eigenvalue weighted by molar-refractivity contribution is 14.0. The van der Waals surface area contributed by atoms with Crippen molar-refractivity contribution in [2.75, 3.05) is 26.2 Å². The second-order valence-corrected chi connectivity index (χ2v) is 6.05. The van der Waals surface area contributed by atoms with Crippen molar-refractivity contribution in [3.05, 3.63) is 29.8 Å². The first-order valence-corrected chi connectivity index (χ1v) is 8.43. The fourth-order valence-corrected chi connectivity index (χ4v) is 2.85. The monoisotopic (exact) mass is 486 g/mol. The van der Waals surface area contributed by atoms with Gasteiger partial charge in [0, 0.05) is 12.6 Å². The van der Waals surface area contributed by atoms with Gasteiger partial charge in [0.1, 0.15) is 5.75 Å². The van der Waals surface area contributed by atoms with Crippen LogP contribution in [-0.4, -0.2) is 49.3 Å². The zero-order valence-corrected chi connectivity index (χ0v) is 17.1. The van der Waals surface area contributed by atoms with Crippen molar-refractivity contribution in [1.82, 2.24) is 10.2 Å². The number of likely N-dealkylation sites (tertiary alicyclic amines) is 1. The number of guanidine groups is 1. The summed E-state index contributed by atoms with van der Waals surface area (Å²) in [5.74, 6) is 0.553. The third-order valence-electron chi connectivity index (χ3n) is 4.18. The van der Waals surface area contributed by atoms with Crippen molar-refractivity contribution >= 4 is 29.9 Å². The molecular formula is C17H26F3IN4O. The van der Waals surface area contributed by atoms with Crippen LogP contribution in [0.1, 0.15) is 25.3 Å². The highest BCUT2D eigenvalue weighted by atomic mass is 127. The average Bonchev–Trinajstić information content (AvgIpc) is 3.04. The molecule has 0 aliphatic carbocycles. The highest BCUT2D eigenvalue weighted by Crippen LogP contribution is 2.19. The lowest BCUT2D eigenvalue weighted by molar-refractivity contribution is -0.153. The van der Waals surface area contributed by atoms with Crippen LogP contribution in [0.3, 0.4) is 0 Å². The molecule has 1 aliphatic rings. The van der Waals surface area contributed by atoms with Gasteiger partial charge in [-0.15, -0.1) is 24.0 Å². The summed E-state index contributed by atoms with van der Waals surface area (Å²) in [7, 11) is 0. The molecule has 1 fully saturated rings. The van der Waals surface area contributed by atoms with Gasteiger partial charge in [-0.2, -0.15) is 13.2 Å². The predicted octanol–water partition coefficient (Wildman–Crippen LogP) is 3.13. The van der Waals surface area contributed by atoms with Gasteiger partial charge in [0.25, 0.3) is 0 Å². The van der Waals surface area contributed by atoms with Crippen molar-refractivity contribution in [3.8, 4) is 5.75 Å². The van der Waals surface area contributed by atoms with E-state index in [0.29, 0.717) is 18.5 Å². The molecule has 0 radical (unpaired) electrons. The van der Waals surface area contributed by atoms with Gasteiger partial charge in [0.05, 0.1) is 6.54 Å². The minimum atomic E-state index is -4.34. The van der Waals surface area contributed by atoms with Gasteiger partial charge in [-0.1, -0.05) is 19.1 Å².